The minimum Gasteiger partial charge on any atom is -0.466 e. The number of hydrogen-bond donors (Lipinski definition) is 1. The van der Waals surface area contributed by atoms with E-state index >= 15 is 0 Å². The van der Waals surface area contributed by atoms with Crippen LogP contribution in [0.25, 0.3) is 0 Å². The molecule has 1 aliphatic heterocycles. The average Bonchev–Trinajstić information content (AvgIpc) is 2.62. The molecule has 1 N–H and O–H groups in total. The van der Waals surface area contributed by atoms with Crippen LogP contribution in [0, 0.1) is 0 Å². The van der Waals surface area contributed by atoms with Gasteiger partial charge in [-0.3, -0.25) is 4.79 Å². The first kappa shape index (κ1) is 20.2. The Kier molecular flexibility index (Phi) is 7.91. The number of carbonyl (C=O) groups excluding carboxylic acids is 2. The van der Waals surface area contributed by atoms with E-state index in [1.807, 2.05) is 4.90 Å². The van der Waals surface area contributed by atoms with Crippen LogP contribution in [0.5, 0.6) is 0 Å². The van der Waals surface area contributed by atoms with Gasteiger partial charge in [0.1, 0.15) is 0 Å². The van der Waals surface area contributed by atoms with Crippen LogP contribution in [0.2, 0.25) is 0 Å². The Morgan fingerprint density at radius 2 is 1.96 bits per heavy atom. The van der Waals surface area contributed by atoms with Crippen molar-refractivity contribution in [1.82, 2.24) is 15.1 Å². The maximum atomic E-state index is 12.6. The molecular weight excluding hydrogens is 330 g/mol. The third kappa shape index (κ3) is 6.02. The highest BCUT2D eigenvalue weighted by molar-refractivity contribution is 5.76. The summed E-state index contributed by atoms with van der Waals surface area (Å²) in [5.41, 5.74) is 2.44. The lowest BCUT2D eigenvalue weighted by atomic mass is 9.95. The van der Waals surface area contributed by atoms with E-state index in [4.69, 9.17) is 4.74 Å². The van der Waals surface area contributed by atoms with Gasteiger partial charge >= 0.3 is 12.0 Å². The van der Waals surface area contributed by atoms with Crippen molar-refractivity contribution < 1.29 is 14.3 Å². The summed E-state index contributed by atoms with van der Waals surface area (Å²) in [6, 6.07) is 8.54. The second kappa shape index (κ2) is 10.2. The molecule has 144 valence electrons. The van der Waals surface area contributed by atoms with Gasteiger partial charge in [-0.05, 0) is 51.4 Å². The number of likely N-dealkylation sites (tertiary alicyclic amines) is 1. The maximum absolute atomic E-state index is 12.6. The van der Waals surface area contributed by atoms with Gasteiger partial charge in [-0.25, -0.2) is 4.79 Å². The molecule has 1 atom stereocenters. The Morgan fingerprint density at radius 3 is 2.62 bits per heavy atom. The normalized spacial score (nSPS) is 17.2. The highest BCUT2D eigenvalue weighted by Crippen LogP contribution is 2.31. The molecule has 1 saturated heterocycles. The van der Waals surface area contributed by atoms with Gasteiger partial charge in [-0.15, -0.1) is 0 Å². The van der Waals surface area contributed by atoms with Crippen molar-refractivity contribution in [2.75, 3.05) is 33.8 Å². The molecule has 0 aromatic heterocycles. The van der Waals surface area contributed by atoms with Gasteiger partial charge in [0.15, 0.2) is 0 Å². The Labute approximate surface area is 156 Å². The van der Waals surface area contributed by atoms with Crippen molar-refractivity contribution in [2.24, 2.45) is 0 Å². The molecule has 0 spiro atoms. The number of carbonyl (C=O) groups is 2. The predicted octanol–water partition coefficient (Wildman–Crippen LogP) is 2.94. The summed E-state index contributed by atoms with van der Waals surface area (Å²) in [4.78, 5) is 28.0. The van der Waals surface area contributed by atoms with Crippen LogP contribution in [0.15, 0.2) is 24.3 Å². The number of nitrogens with one attached hydrogen (secondary N) is 1. The zero-order chi connectivity index (χ0) is 18.9. The Morgan fingerprint density at radius 1 is 1.23 bits per heavy atom. The fraction of sp³-hybridized carbons (Fsp3) is 0.600. The lowest BCUT2D eigenvalue weighted by molar-refractivity contribution is -0.142. The van der Waals surface area contributed by atoms with Crippen LogP contribution in [0.3, 0.4) is 0 Å². The van der Waals surface area contributed by atoms with Crippen molar-refractivity contribution in [3.05, 3.63) is 35.4 Å². The minimum absolute atomic E-state index is 0.0970. The van der Waals surface area contributed by atoms with Gasteiger partial charge in [-0.2, -0.15) is 0 Å². The maximum Gasteiger partial charge on any atom is 0.317 e. The van der Waals surface area contributed by atoms with Gasteiger partial charge in [0.05, 0.1) is 19.1 Å². The first-order chi connectivity index (χ1) is 12.5. The number of ether oxygens (including phenoxy) is 1. The van der Waals surface area contributed by atoms with Crippen molar-refractivity contribution in [1.29, 1.82) is 0 Å². The smallest absolute Gasteiger partial charge is 0.317 e. The second-order valence-corrected chi connectivity index (χ2v) is 6.97. The first-order valence-corrected chi connectivity index (χ1v) is 9.45. The molecular formula is C20H31N3O3. The van der Waals surface area contributed by atoms with Gasteiger partial charge in [0, 0.05) is 19.6 Å². The van der Waals surface area contributed by atoms with Gasteiger partial charge in [0.2, 0.25) is 0 Å². The number of rotatable bonds is 7. The number of amides is 2. The Hall–Kier alpha value is -2.08. The Bertz CT molecular complexity index is 586. The number of esters is 1. The van der Waals surface area contributed by atoms with E-state index < -0.39 is 0 Å². The van der Waals surface area contributed by atoms with E-state index in [2.05, 4.69) is 48.6 Å². The molecule has 0 aliphatic carbocycles. The summed E-state index contributed by atoms with van der Waals surface area (Å²) in [5.74, 6) is -0.278. The lowest BCUT2D eigenvalue weighted by Crippen LogP contribution is -2.45. The molecule has 2 amide bonds. The zero-order valence-electron chi connectivity index (χ0n) is 16.2. The lowest BCUT2D eigenvalue weighted by Gasteiger charge is -2.36. The molecule has 1 aromatic carbocycles. The van der Waals surface area contributed by atoms with Crippen molar-refractivity contribution in [3.8, 4) is 0 Å². The summed E-state index contributed by atoms with van der Waals surface area (Å²) in [5, 5.41) is 2.86. The monoisotopic (exact) mass is 361 g/mol. The van der Waals surface area contributed by atoms with Crippen LogP contribution in [-0.4, -0.2) is 55.6 Å². The molecule has 0 bridgehead atoms. The molecule has 1 aliphatic rings. The van der Waals surface area contributed by atoms with Crippen molar-refractivity contribution in [3.63, 3.8) is 0 Å². The molecule has 1 fully saturated rings. The SMILES string of the molecule is CCOC(=O)CCNC(=O)N1CCCC[C@H]1c1ccc(CN(C)C)cc1. The fourth-order valence-corrected chi connectivity index (χ4v) is 3.34. The predicted molar refractivity (Wildman–Crippen MR) is 102 cm³/mol. The van der Waals surface area contributed by atoms with Crippen LogP contribution in [-0.2, 0) is 16.1 Å². The molecule has 0 radical (unpaired) electrons. The van der Waals surface area contributed by atoms with Gasteiger partial charge in [0.25, 0.3) is 0 Å². The Balaban J connectivity index is 1.95. The molecule has 26 heavy (non-hydrogen) atoms. The van der Waals surface area contributed by atoms with E-state index in [0.717, 1.165) is 32.4 Å². The van der Waals surface area contributed by atoms with E-state index in [0.29, 0.717) is 13.2 Å². The molecule has 6 nitrogen and oxygen atoms in total. The first-order valence-electron chi connectivity index (χ1n) is 9.45. The highest BCUT2D eigenvalue weighted by Gasteiger charge is 2.27. The topological polar surface area (TPSA) is 61.9 Å². The minimum atomic E-state index is -0.278. The summed E-state index contributed by atoms with van der Waals surface area (Å²) in [6.45, 7) is 4.10. The summed E-state index contributed by atoms with van der Waals surface area (Å²) >= 11 is 0. The van der Waals surface area contributed by atoms with Crippen molar-refractivity contribution >= 4 is 12.0 Å². The summed E-state index contributed by atoms with van der Waals surface area (Å²) in [6.07, 6.45) is 3.31. The average molecular weight is 361 g/mol. The number of hydrogen-bond acceptors (Lipinski definition) is 4. The molecule has 1 heterocycles. The third-order valence-electron chi connectivity index (χ3n) is 4.54. The quantitative estimate of drug-likeness (QED) is 0.759. The van der Waals surface area contributed by atoms with Crippen LogP contribution in [0.1, 0.15) is 49.8 Å². The van der Waals surface area contributed by atoms with Crippen LogP contribution in [0.4, 0.5) is 4.79 Å². The molecule has 1 aromatic rings. The van der Waals surface area contributed by atoms with Crippen LogP contribution < -0.4 is 5.32 Å². The van der Waals surface area contributed by atoms with E-state index in [1.54, 1.807) is 6.92 Å². The zero-order valence-corrected chi connectivity index (χ0v) is 16.2. The van der Waals surface area contributed by atoms with Gasteiger partial charge in [-0.1, -0.05) is 24.3 Å². The van der Waals surface area contributed by atoms with Crippen LogP contribution >= 0.6 is 0 Å². The van der Waals surface area contributed by atoms with E-state index in [9.17, 15) is 9.59 Å². The fourth-order valence-electron chi connectivity index (χ4n) is 3.34. The number of nitrogens with zero attached hydrogens (tertiary/aromatic N) is 2. The van der Waals surface area contributed by atoms with E-state index in [1.165, 1.54) is 11.1 Å². The van der Waals surface area contributed by atoms with Gasteiger partial charge < -0.3 is 19.9 Å². The number of urea groups is 1. The van der Waals surface area contributed by atoms with E-state index in [-0.39, 0.29) is 24.5 Å². The number of piperidine rings is 1. The highest BCUT2D eigenvalue weighted by atomic mass is 16.5. The summed E-state index contributed by atoms with van der Waals surface area (Å²) < 4.78 is 4.89. The van der Waals surface area contributed by atoms with Crippen molar-refractivity contribution in [2.45, 2.75) is 45.2 Å². The largest absolute Gasteiger partial charge is 0.466 e. The molecule has 2 rings (SSSR count). The molecule has 6 heteroatoms. The molecule has 0 unspecified atom stereocenters. The number of benzene rings is 1. The molecule has 0 saturated carbocycles. The summed E-state index contributed by atoms with van der Waals surface area (Å²) in [7, 11) is 4.11. The third-order valence-corrected chi connectivity index (χ3v) is 4.54. The second-order valence-electron chi connectivity index (χ2n) is 6.97. The standard InChI is InChI=1S/C20H31N3O3/c1-4-26-19(24)12-13-21-20(25)23-14-6-5-7-18(23)17-10-8-16(9-11-17)15-22(2)3/h8-11,18H,4-7,12-15H2,1-3H3,(H,21,25)/t18-/m0/s1.